The molecule has 0 amide bonds. The van der Waals surface area contributed by atoms with Crippen LogP contribution in [0.25, 0.3) is 0 Å². The monoisotopic (exact) mass is 282 g/mol. The van der Waals surface area contributed by atoms with Crippen LogP contribution in [-0.2, 0) is 9.53 Å². The SMILES string of the molecule is CCC(C)(CCO)C(=O)OC1CCCC2CCCCC21. The molecule has 4 unspecified atom stereocenters. The Morgan fingerprint density at radius 1 is 1.20 bits per heavy atom. The van der Waals surface area contributed by atoms with Gasteiger partial charge in [0.25, 0.3) is 0 Å². The smallest absolute Gasteiger partial charge is 0.312 e. The maximum absolute atomic E-state index is 12.5. The van der Waals surface area contributed by atoms with Gasteiger partial charge in [-0.05, 0) is 57.3 Å². The van der Waals surface area contributed by atoms with Gasteiger partial charge >= 0.3 is 5.97 Å². The summed E-state index contributed by atoms with van der Waals surface area (Å²) in [4.78, 5) is 12.5. The Kier molecular flexibility index (Phi) is 5.48. The molecular weight excluding hydrogens is 252 g/mol. The van der Waals surface area contributed by atoms with Gasteiger partial charge in [0.1, 0.15) is 6.10 Å². The van der Waals surface area contributed by atoms with E-state index >= 15 is 0 Å². The zero-order valence-electron chi connectivity index (χ0n) is 13.1. The lowest BCUT2D eigenvalue weighted by atomic mass is 9.69. The first kappa shape index (κ1) is 15.8. The van der Waals surface area contributed by atoms with Crippen LogP contribution in [-0.4, -0.2) is 23.8 Å². The van der Waals surface area contributed by atoms with Gasteiger partial charge in [-0.15, -0.1) is 0 Å². The van der Waals surface area contributed by atoms with Crippen LogP contribution in [0.1, 0.15) is 71.6 Å². The van der Waals surface area contributed by atoms with Crippen molar-refractivity contribution in [3.63, 3.8) is 0 Å². The van der Waals surface area contributed by atoms with E-state index in [1.165, 1.54) is 38.5 Å². The number of hydrogen-bond acceptors (Lipinski definition) is 3. The molecule has 2 aliphatic rings. The Morgan fingerprint density at radius 3 is 2.60 bits per heavy atom. The van der Waals surface area contributed by atoms with E-state index < -0.39 is 5.41 Å². The summed E-state index contributed by atoms with van der Waals surface area (Å²) in [6.07, 6.45) is 10.1. The summed E-state index contributed by atoms with van der Waals surface area (Å²) in [5, 5.41) is 9.17. The third-order valence-corrected chi connectivity index (χ3v) is 5.70. The molecule has 0 heterocycles. The number of rotatable bonds is 5. The van der Waals surface area contributed by atoms with E-state index in [-0.39, 0.29) is 18.7 Å². The zero-order valence-corrected chi connectivity index (χ0v) is 13.1. The molecule has 2 saturated carbocycles. The standard InChI is InChI=1S/C17H30O3/c1-3-17(2,11-12-18)16(19)20-15-10-6-8-13-7-4-5-9-14(13)15/h13-15,18H,3-12H2,1-2H3. The molecule has 116 valence electrons. The molecule has 0 bridgehead atoms. The first-order valence-corrected chi connectivity index (χ1v) is 8.42. The number of hydrogen-bond donors (Lipinski definition) is 1. The Hall–Kier alpha value is -0.570. The lowest BCUT2D eigenvalue weighted by Gasteiger charge is -2.41. The molecule has 1 N–H and O–H groups in total. The van der Waals surface area contributed by atoms with E-state index in [4.69, 9.17) is 9.84 Å². The van der Waals surface area contributed by atoms with Crippen LogP contribution >= 0.6 is 0 Å². The molecule has 0 aliphatic heterocycles. The van der Waals surface area contributed by atoms with Crippen molar-refractivity contribution < 1.29 is 14.6 Å². The molecule has 0 aromatic heterocycles. The highest BCUT2D eigenvalue weighted by Gasteiger charge is 2.40. The minimum absolute atomic E-state index is 0.0517. The maximum atomic E-state index is 12.5. The third kappa shape index (κ3) is 3.36. The Labute approximate surface area is 123 Å². The van der Waals surface area contributed by atoms with E-state index in [0.717, 1.165) is 18.8 Å². The topological polar surface area (TPSA) is 46.5 Å². The van der Waals surface area contributed by atoms with E-state index in [2.05, 4.69) is 0 Å². The van der Waals surface area contributed by atoms with Gasteiger partial charge in [-0.25, -0.2) is 0 Å². The van der Waals surface area contributed by atoms with Crippen LogP contribution in [0.2, 0.25) is 0 Å². The minimum Gasteiger partial charge on any atom is -0.462 e. The third-order valence-electron chi connectivity index (χ3n) is 5.70. The van der Waals surface area contributed by atoms with Crippen molar-refractivity contribution in [3.8, 4) is 0 Å². The molecule has 0 aromatic carbocycles. The predicted molar refractivity (Wildman–Crippen MR) is 79.3 cm³/mol. The summed E-state index contributed by atoms with van der Waals surface area (Å²) < 4.78 is 5.92. The van der Waals surface area contributed by atoms with E-state index in [9.17, 15) is 4.79 Å². The van der Waals surface area contributed by atoms with Crippen LogP contribution in [0.3, 0.4) is 0 Å². The summed E-state index contributed by atoms with van der Waals surface area (Å²) in [7, 11) is 0. The van der Waals surface area contributed by atoms with Crippen molar-refractivity contribution in [2.24, 2.45) is 17.3 Å². The summed E-state index contributed by atoms with van der Waals surface area (Å²) in [5.41, 5.74) is -0.517. The number of carbonyl (C=O) groups excluding carboxylic acids is 1. The average molecular weight is 282 g/mol. The predicted octanol–water partition coefficient (Wildman–Crippen LogP) is 3.69. The fraction of sp³-hybridized carbons (Fsp3) is 0.941. The highest BCUT2D eigenvalue weighted by Crippen LogP contribution is 2.42. The quantitative estimate of drug-likeness (QED) is 0.782. The molecule has 0 aromatic rings. The first-order valence-electron chi connectivity index (χ1n) is 8.42. The van der Waals surface area contributed by atoms with Gasteiger partial charge in [0.15, 0.2) is 0 Å². The molecular formula is C17H30O3. The summed E-state index contributed by atoms with van der Waals surface area (Å²) in [5.74, 6) is 1.28. The number of ether oxygens (including phenoxy) is 1. The fourth-order valence-corrected chi connectivity index (χ4v) is 3.98. The van der Waals surface area contributed by atoms with Crippen LogP contribution in [0.5, 0.6) is 0 Å². The molecule has 0 spiro atoms. The van der Waals surface area contributed by atoms with Gasteiger partial charge < -0.3 is 9.84 Å². The Balaban J connectivity index is 1.98. The zero-order chi connectivity index (χ0) is 14.6. The van der Waals surface area contributed by atoms with Gasteiger partial charge in [-0.3, -0.25) is 4.79 Å². The lowest BCUT2D eigenvalue weighted by molar-refractivity contribution is -0.169. The number of aliphatic hydroxyl groups excluding tert-OH is 1. The molecule has 4 atom stereocenters. The summed E-state index contributed by atoms with van der Waals surface area (Å²) in [6, 6.07) is 0. The first-order chi connectivity index (χ1) is 9.60. The number of carbonyl (C=O) groups is 1. The highest BCUT2D eigenvalue weighted by atomic mass is 16.5. The molecule has 2 rings (SSSR count). The molecule has 20 heavy (non-hydrogen) atoms. The second-order valence-corrected chi connectivity index (χ2v) is 6.97. The normalized spacial score (nSPS) is 33.0. The molecule has 2 aliphatic carbocycles. The summed E-state index contributed by atoms with van der Waals surface area (Å²) >= 11 is 0. The largest absolute Gasteiger partial charge is 0.462 e. The van der Waals surface area contributed by atoms with Crippen LogP contribution in [0, 0.1) is 17.3 Å². The van der Waals surface area contributed by atoms with Gasteiger partial charge in [0.05, 0.1) is 5.41 Å². The molecule has 3 heteroatoms. The lowest BCUT2D eigenvalue weighted by Crippen LogP contribution is -2.41. The Bertz CT molecular complexity index is 326. The van der Waals surface area contributed by atoms with Gasteiger partial charge in [0.2, 0.25) is 0 Å². The minimum atomic E-state index is -0.517. The number of fused-ring (bicyclic) bond motifs is 1. The molecule has 0 saturated heterocycles. The van der Waals surface area contributed by atoms with E-state index in [0.29, 0.717) is 12.3 Å². The van der Waals surface area contributed by atoms with Crippen LogP contribution in [0.4, 0.5) is 0 Å². The van der Waals surface area contributed by atoms with E-state index in [1.54, 1.807) is 0 Å². The van der Waals surface area contributed by atoms with Crippen molar-refractivity contribution >= 4 is 5.97 Å². The molecule has 0 radical (unpaired) electrons. The highest BCUT2D eigenvalue weighted by molar-refractivity contribution is 5.76. The van der Waals surface area contributed by atoms with Gasteiger partial charge in [0, 0.05) is 6.61 Å². The van der Waals surface area contributed by atoms with Crippen molar-refractivity contribution in [3.05, 3.63) is 0 Å². The molecule has 2 fully saturated rings. The second kappa shape index (κ2) is 6.93. The van der Waals surface area contributed by atoms with Crippen molar-refractivity contribution in [2.45, 2.75) is 77.7 Å². The second-order valence-electron chi connectivity index (χ2n) is 6.97. The van der Waals surface area contributed by atoms with Crippen molar-refractivity contribution in [1.29, 1.82) is 0 Å². The number of esters is 1. The number of aliphatic hydroxyl groups is 1. The fourth-order valence-electron chi connectivity index (χ4n) is 3.98. The van der Waals surface area contributed by atoms with Crippen LogP contribution in [0.15, 0.2) is 0 Å². The summed E-state index contributed by atoms with van der Waals surface area (Å²) in [6.45, 7) is 3.98. The average Bonchev–Trinajstić information content (AvgIpc) is 2.47. The van der Waals surface area contributed by atoms with Crippen LogP contribution < -0.4 is 0 Å². The maximum Gasteiger partial charge on any atom is 0.312 e. The van der Waals surface area contributed by atoms with Crippen molar-refractivity contribution in [1.82, 2.24) is 0 Å². The van der Waals surface area contributed by atoms with E-state index in [1.807, 2.05) is 13.8 Å². The van der Waals surface area contributed by atoms with Gasteiger partial charge in [-0.1, -0.05) is 26.2 Å². The van der Waals surface area contributed by atoms with Crippen molar-refractivity contribution in [2.75, 3.05) is 6.61 Å². The Morgan fingerprint density at radius 2 is 1.90 bits per heavy atom. The van der Waals surface area contributed by atoms with Gasteiger partial charge in [-0.2, -0.15) is 0 Å². The molecule has 3 nitrogen and oxygen atoms in total.